The van der Waals surface area contributed by atoms with E-state index in [9.17, 15) is 9.50 Å². The molecule has 0 fully saturated rings. The summed E-state index contributed by atoms with van der Waals surface area (Å²) in [6.45, 7) is 1.51. The van der Waals surface area contributed by atoms with Crippen molar-refractivity contribution >= 4 is 5.69 Å². The van der Waals surface area contributed by atoms with Crippen molar-refractivity contribution < 1.29 is 9.50 Å². The highest BCUT2D eigenvalue weighted by Gasteiger charge is 2.11. The Hall–Kier alpha value is -3.04. The van der Waals surface area contributed by atoms with Gasteiger partial charge in [0.15, 0.2) is 5.57 Å². The molecule has 0 atom stereocenters. The molecule has 0 saturated carbocycles. The molecule has 0 aromatic heterocycles. The maximum absolute atomic E-state index is 13.5. The summed E-state index contributed by atoms with van der Waals surface area (Å²) < 4.78 is 13.5. The van der Waals surface area contributed by atoms with Crippen molar-refractivity contribution in [2.75, 3.05) is 5.32 Å². The van der Waals surface area contributed by atoms with Crippen molar-refractivity contribution in [1.29, 1.82) is 15.8 Å². The van der Waals surface area contributed by atoms with Gasteiger partial charge in [-0.2, -0.15) is 15.8 Å². The number of nitrogens with one attached hydrogen (secondary N) is 1. The molecule has 88 valence electrons. The van der Waals surface area contributed by atoms with Crippen LogP contribution in [0.15, 0.2) is 23.4 Å². The molecule has 1 aromatic carbocycles. The molecular weight excluding hydrogens is 235 g/mol. The highest BCUT2D eigenvalue weighted by molar-refractivity contribution is 5.61. The average molecular weight is 242 g/mol. The largest absolute Gasteiger partial charge is 0.508 e. The fourth-order valence-electron chi connectivity index (χ4n) is 1.17. The van der Waals surface area contributed by atoms with Gasteiger partial charge >= 0.3 is 0 Å². The van der Waals surface area contributed by atoms with Crippen LogP contribution in [0.3, 0.4) is 0 Å². The number of aryl methyl sites for hydroxylation is 1. The van der Waals surface area contributed by atoms with E-state index in [1.165, 1.54) is 19.1 Å². The minimum Gasteiger partial charge on any atom is -0.508 e. The Bertz CT molecular complexity index is 628. The van der Waals surface area contributed by atoms with Crippen LogP contribution in [-0.2, 0) is 0 Å². The van der Waals surface area contributed by atoms with Crippen molar-refractivity contribution in [3.05, 3.63) is 34.8 Å². The number of anilines is 1. The van der Waals surface area contributed by atoms with Crippen molar-refractivity contribution in [2.24, 2.45) is 0 Å². The second-order valence-electron chi connectivity index (χ2n) is 3.33. The van der Waals surface area contributed by atoms with Crippen LogP contribution in [-0.4, -0.2) is 5.11 Å². The number of hydrogen-bond donors (Lipinski definition) is 2. The van der Waals surface area contributed by atoms with Gasteiger partial charge in [-0.25, -0.2) is 4.39 Å². The first kappa shape index (κ1) is 13.0. The van der Waals surface area contributed by atoms with Gasteiger partial charge in [0, 0.05) is 6.07 Å². The van der Waals surface area contributed by atoms with E-state index in [-0.39, 0.29) is 17.1 Å². The number of phenolic OH excluding ortho intramolecular Hbond substituents is 1. The molecule has 1 aromatic rings. The summed E-state index contributed by atoms with van der Waals surface area (Å²) >= 11 is 0. The number of nitriles is 3. The summed E-state index contributed by atoms with van der Waals surface area (Å²) in [5.41, 5.74) is -0.682. The SMILES string of the molecule is Cc1cc(F)c(NC(C#N)=C(C#N)C#N)cc1O. The second-order valence-corrected chi connectivity index (χ2v) is 3.33. The van der Waals surface area contributed by atoms with Crippen LogP contribution in [0.4, 0.5) is 10.1 Å². The molecule has 1 rings (SSSR count). The van der Waals surface area contributed by atoms with Crippen molar-refractivity contribution in [3.63, 3.8) is 0 Å². The molecule has 0 amide bonds. The van der Waals surface area contributed by atoms with Crippen LogP contribution in [0.5, 0.6) is 5.75 Å². The molecule has 0 radical (unpaired) electrons. The number of phenols is 1. The second kappa shape index (κ2) is 5.34. The molecule has 5 nitrogen and oxygen atoms in total. The van der Waals surface area contributed by atoms with Gasteiger partial charge in [0.05, 0.1) is 5.69 Å². The Morgan fingerprint density at radius 3 is 2.33 bits per heavy atom. The van der Waals surface area contributed by atoms with E-state index in [0.29, 0.717) is 5.56 Å². The third-order valence-corrected chi connectivity index (χ3v) is 2.13. The third-order valence-electron chi connectivity index (χ3n) is 2.13. The first-order chi connectivity index (χ1) is 8.53. The summed E-state index contributed by atoms with van der Waals surface area (Å²) in [6.07, 6.45) is 0. The lowest BCUT2D eigenvalue weighted by molar-refractivity contribution is 0.469. The quantitative estimate of drug-likeness (QED) is 0.772. The zero-order valence-electron chi connectivity index (χ0n) is 9.32. The molecular formula is C12H7FN4O. The zero-order chi connectivity index (χ0) is 13.7. The Kier molecular flexibility index (Phi) is 3.86. The first-order valence-electron chi connectivity index (χ1n) is 4.74. The Labute approximate surface area is 103 Å². The molecule has 0 spiro atoms. The minimum atomic E-state index is -0.701. The monoisotopic (exact) mass is 242 g/mol. The number of benzene rings is 1. The topological polar surface area (TPSA) is 104 Å². The van der Waals surface area contributed by atoms with Crippen LogP contribution >= 0.6 is 0 Å². The molecule has 0 aliphatic rings. The number of hydrogen-bond acceptors (Lipinski definition) is 5. The fraction of sp³-hybridized carbons (Fsp3) is 0.0833. The van der Waals surface area contributed by atoms with Gasteiger partial charge in [-0.1, -0.05) is 0 Å². The van der Waals surface area contributed by atoms with E-state index in [4.69, 9.17) is 15.8 Å². The molecule has 18 heavy (non-hydrogen) atoms. The average Bonchev–Trinajstić information content (AvgIpc) is 2.35. The van der Waals surface area contributed by atoms with E-state index in [0.717, 1.165) is 12.1 Å². The summed E-state index contributed by atoms with van der Waals surface area (Å²) in [4.78, 5) is 0. The molecule has 6 heteroatoms. The lowest BCUT2D eigenvalue weighted by Gasteiger charge is -2.08. The molecule has 2 N–H and O–H groups in total. The lowest BCUT2D eigenvalue weighted by Crippen LogP contribution is -2.02. The van der Waals surface area contributed by atoms with Gasteiger partial charge in [0.1, 0.15) is 35.5 Å². The van der Waals surface area contributed by atoms with Crippen LogP contribution in [0.1, 0.15) is 5.56 Å². The predicted molar refractivity (Wildman–Crippen MR) is 60.3 cm³/mol. The van der Waals surface area contributed by atoms with Gasteiger partial charge in [-0.15, -0.1) is 0 Å². The van der Waals surface area contributed by atoms with Gasteiger partial charge in [-0.05, 0) is 18.6 Å². The van der Waals surface area contributed by atoms with Crippen LogP contribution in [0.25, 0.3) is 0 Å². The Morgan fingerprint density at radius 1 is 1.22 bits per heavy atom. The molecule has 0 unspecified atom stereocenters. The molecule has 0 heterocycles. The summed E-state index contributed by atoms with van der Waals surface area (Å²) in [6, 6.07) is 6.78. The Morgan fingerprint density at radius 2 is 1.83 bits per heavy atom. The third kappa shape index (κ3) is 2.55. The van der Waals surface area contributed by atoms with Crippen LogP contribution < -0.4 is 5.32 Å². The van der Waals surface area contributed by atoms with Crippen molar-refractivity contribution in [3.8, 4) is 24.0 Å². The fourth-order valence-corrected chi connectivity index (χ4v) is 1.17. The summed E-state index contributed by atoms with van der Waals surface area (Å²) in [7, 11) is 0. The highest BCUT2D eigenvalue weighted by Crippen LogP contribution is 2.25. The maximum atomic E-state index is 13.5. The standard InChI is InChI=1S/C12H7FN4O/c1-7-2-9(13)10(3-12(7)18)17-11(6-16)8(4-14)5-15/h2-3,17-18H,1H3. The Balaban J connectivity index is 3.26. The van der Waals surface area contributed by atoms with E-state index in [1.807, 2.05) is 0 Å². The van der Waals surface area contributed by atoms with Crippen molar-refractivity contribution in [1.82, 2.24) is 0 Å². The molecule has 0 aliphatic heterocycles. The number of aromatic hydroxyl groups is 1. The zero-order valence-corrected chi connectivity index (χ0v) is 9.32. The van der Waals surface area contributed by atoms with E-state index in [2.05, 4.69) is 5.32 Å². The number of rotatable bonds is 2. The molecule has 0 bridgehead atoms. The maximum Gasteiger partial charge on any atom is 0.163 e. The number of allylic oxidation sites excluding steroid dienone is 2. The highest BCUT2D eigenvalue weighted by atomic mass is 19.1. The van der Waals surface area contributed by atoms with E-state index >= 15 is 0 Å². The van der Waals surface area contributed by atoms with Crippen molar-refractivity contribution in [2.45, 2.75) is 6.92 Å². The number of halogens is 1. The van der Waals surface area contributed by atoms with E-state index < -0.39 is 11.4 Å². The summed E-state index contributed by atoms with van der Waals surface area (Å²) in [5, 5.41) is 37.7. The first-order valence-corrected chi connectivity index (χ1v) is 4.74. The number of nitrogens with zero attached hydrogens (tertiary/aromatic N) is 3. The smallest absolute Gasteiger partial charge is 0.163 e. The normalized spacial score (nSPS) is 8.61. The van der Waals surface area contributed by atoms with Crippen LogP contribution in [0, 0.1) is 46.7 Å². The lowest BCUT2D eigenvalue weighted by atomic mass is 10.1. The van der Waals surface area contributed by atoms with Gasteiger partial charge < -0.3 is 10.4 Å². The van der Waals surface area contributed by atoms with Gasteiger partial charge in [0.25, 0.3) is 0 Å². The van der Waals surface area contributed by atoms with E-state index in [1.54, 1.807) is 6.07 Å². The summed E-state index contributed by atoms with van der Waals surface area (Å²) in [5.74, 6) is -0.861. The molecule has 0 saturated heterocycles. The van der Waals surface area contributed by atoms with Gasteiger partial charge in [0.2, 0.25) is 0 Å². The predicted octanol–water partition coefficient (Wildman–Crippen LogP) is 2.08. The van der Waals surface area contributed by atoms with Crippen LogP contribution in [0.2, 0.25) is 0 Å². The molecule has 0 aliphatic carbocycles. The minimum absolute atomic E-state index is 0.161. The van der Waals surface area contributed by atoms with Gasteiger partial charge in [-0.3, -0.25) is 0 Å².